The quantitative estimate of drug-likeness (QED) is 0.530. The van der Waals surface area contributed by atoms with Crippen molar-refractivity contribution >= 4 is 5.91 Å². The molecule has 2 saturated heterocycles. The lowest BCUT2D eigenvalue weighted by Gasteiger charge is -2.41. The normalized spacial score (nSPS) is 28.1. The first-order chi connectivity index (χ1) is 18.4. The molecule has 4 heterocycles. The first-order valence-corrected chi connectivity index (χ1v) is 14.6. The van der Waals surface area contributed by atoms with E-state index < -0.39 is 5.92 Å². The summed E-state index contributed by atoms with van der Waals surface area (Å²) in [6.07, 6.45) is 6.85. The summed E-state index contributed by atoms with van der Waals surface area (Å²) >= 11 is 0. The highest BCUT2D eigenvalue weighted by Gasteiger charge is 2.43. The van der Waals surface area contributed by atoms with E-state index in [0.29, 0.717) is 18.1 Å². The van der Waals surface area contributed by atoms with E-state index in [1.54, 1.807) is 0 Å². The summed E-state index contributed by atoms with van der Waals surface area (Å²) in [7, 11) is 0. The van der Waals surface area contributed by atoms with Gasteiger partial charge in [-0.3, -0.25) is 9.69 Å². The van der Waals surface area contributed by atoms with Gasteiger partial charge in [-0.05, 0) is 57.4 Å². The lowest BCUT2D eigenvalue weighted by atomic mass is 9.86. The molecule has 8 heteroatoms. The fraction of sp³-hybridized carbons (Fsp3) is 0.667. The molecule has 206 valence electrons. The minimum atomic E-state index is -2.62. The van der Waals surface area contributed by atoms with Gasteiger partial charge in [0.25, 0.3) is 0 Å². The molecule has 38 heavy (non-hydrogen) atoms. The minimum Gasteiger partial charge on any atom is -0.349 e. The molecule has 0 spiro atoms. The Kier molecular flexibility index (Phi) is 7.29. The SMILES string of the molecule is Cc1nc2c(n1C1CC3CCC(C1)N3CC[C@H](NC(=O)C1CCC(F)(F)CC1)c1ccccc1)CCNC2. The average molecular weight is 526 g/mol. The molecule has 1 aromatic heterocycles. The van der Waals surface area contributed by atoms with Gasteiger partial charge in [0.15, 0.2) is 0 Å². The van der Waals surface area contributed by atoms with Crippen molar-refractivity contribution in [2.75, 3.05) is 13.1 Å². The van der Waals surface area contributed by atoms with Crippen molar-refractivity contribution in [3.8, 4) is 0 Å². The number of aryl methyl sites for hydroxylation is 1. The molecule has 3 atom stereocenters. The number of nitrogens with zero attached hydrogens (tertiary/aromatic N) is 3. The number of carbonyl (C=O) groups excluding carboxylic acids is 1. The van der Waals surface area contributed by atoms with Gasteiger partial charge in [0.05, 0.1) is 11.7 Å². The Balaban J connectivity index is 1.11. The Labute approximate surface area is 224 Å². The Morgan fingerprint density at radius 3 is 2.53 bits per heavy atom. The summed E-state index contributed by atoms with van der Waals surface area (Å²) in [5.74, 6) is -1.84. The van der Waals surface area contributed by atoms with Crippen LogP contribution < -0.4 is 10.6 Å². The zero-order valence-corrected chi connectivity index (χ0v) is 22.5. The molecular formula is C30H41F2N5O. The molecule has 0 radical (unpaired) electrons. The third-order valence-electron chi connectivity index (χ3n) is 9.61. The van der Waals surface area contributed by atoms with E-state index in [2.05, 4.69) is 39.2 Å². The van der Waals surface area contributed by atoms with Gasteiger partial charge in [-0.15, -0.1) is 0 Å². The fourth-order valence-electron chi connectivity index (χ4n) is 7.65. The van der Waals surface area contributed by atoms with Gasteiger partial charge < -0.3 is 15.2 Å². The molecule has 2 N–H and O–H groups in total. The number of amides is 1. The van der Waals surface area contributed by atoms with Crippen LogP contribution in [-0.2, 0) is 17.8 Å². The Morgan fingerprint density at radius 2 is 1.82 bits per heavy atom. The van der Waals surface area contributed by atoms with E-state index in [0.717, 1.165) is 56.7 Å². The number of nitrogens with one attached hydrogen (secondary N) is 2. The summed E-state index contributed by atoms with van der Waals surface area (Å²) in [5.41, 5.74) is 3.76. The standard InChI is InChI=1S/C30H41F2N5O/c1-20-34-27-19-33-15-11-28(27)37(20)25-17-23-7-8-24(18-25)36(23)16-12-26(21-5-3-2-4-6-21)35-29(38)22-9-13-30(31,32)14-10-22/h2-6,22-26,33H,7-19H2,1H3,(H,35,38)/t23?,24?,25?,26-/m0/s1. The van der Waals surface area contributed by atoms with Crippen molar-refractivity contribution in [1.29, 1.82) is 0 Å². The number of piperidine rings is 1. The van der Waals surface area contributed by atoms with Crippen LogP contribution in [0.3, 0.4) is 0 Å². The fourth-order valence-corrected chi connectivity index (χ4v) is 7.65. The zero-order chi connectivity index (χ0) is 26.3. The number of rotatable bonds is 7. The summed E-state index contributed by atoms with van der Waals surface area (Å²) in [6, 6.07) is 11.7. The largest absolute Gasteiger partial charge is 0.349 e. The topological polar surface area (TPSA) is 62.2 Å². The predicted molar refractivity (Wildman–Crippen MR) is 143 cm³/mol. The second-order valence-electron chi connectivity index (χ2n) is 12.0. The maximum Gasteiger partial charge on any atom is 0.248 e. The van der Waals surface area contributed by atoms with Crippen LogP contribution in [0.25, 0.3) is 0 Å². The minimum absolute atomic E-state index is 0.0640. The van der Waals surface area contributed by atoms with Crippen LogP contribution in [0.15, 0.2) is 30.3 Å². The zero-order valence-electron chi connectivity index (χ0n) is 22.5. The molecule has 1 saturated carbocycles. The number of carbonyl (C=O) groups is 1. The molecule has 1 amide bonds. The third-order valence-corrected chi connectivity index (χ3v) is 9.61. The summed E-state index contributed by atoms with van der Waals surface area (Å²) in [5, 5.41) is 6.72. The molecule has 3 fully saturated rings. The van der Waals surface area contributed by atoms with Crippen LogP contribution >= 0.6 is 0 Å². The highest BCUT2D eigenvalue weighted by molar-refractivity contribution is 5.79. The Hall–Kier alpha value is -2.32. The molecule has 2 aromatic rings. The highest BCUT2D eigenvalue weighted by atomic mass is 19.3. The summed E-state index contributed by atoms with van der Waals surface area (Å²) < 4.78 is 29.9. The van der Waals surface area contributed by atoms with Crippen molar-refractivity contribution in [1.82, 2.24) is 25.1 Å². The lowest BCUT2D eigenvalue weighted by Crippen LogP contribution is -2.45. The van der Waals surface area contributed by atoms with E-state index in [1.165, 1.54) is 24.2 Å². The van der Waals surface area contributed by atoms with Crippen molar-refractivity contribution in [2.45, 2.75) is 108 Å². The summed E-state index contributed by atoms with van der Waals surface area (Å²) in [4.78, 5) is 20.7. The van der Waals surface area contributed by atoms with E-state index in [-0.39, 0.29) is 43.6 Å². The number of halogens is 2. The number of fused-ring (bicyclic) bond motifs is 3. The van der Waals surface area contributed by atoms with Crippen LogP contribution in [0.4, 0.5) is 8.78 Å². The van der Waals surface area contributed by atoms with Crippen molar-refractivity contribution in [3.63, 3.8) is 0 Å². The number of hydrogen-bond acceptors (Lipinski definition) is 4. The second-order valence-corrected chi connectivity index (χ2v) is 12.0. The van der Waals surface area contributed by atoms with Gasteiger partial charge >= 0.3 is 0 Å². The van der Waals surface area contributed by atoms with Gasteiger partial charge in [-0.2, -0.15) is 0 Å². The molecule has 1 aliphatic carbocycles. The number of aromatic nitrogens is 2. The van der Waals surface area contributed by atoms with Crippen molar-refractivity contribution in [2.24, 2.45) is 5.92 Å². The Bertz CT molecular complexity index is 1110. The molecule has 2 bridgehead atoms. The molecule has 6 nitrogen and oxygen atoms in total. The monoisotopic (exact) mass is 525 g/mol. The molecular weight excluding hydrogens is 484 g/mol. The average Bonchev–Trinajstić information content (AvgIpc) is 3.37. The maximum absolute atomic E-state index is 13.7. The van der Waals surface area contributed by atoms with Gasteiger partial charge in [0, 0.05) is 68.6 Å². The van der Waals surface area contributed by atoms with E-state index in [4.69, 9.17) is 4.98 Å². The molecule has 3 aliphatic heterocycles. The van der Waals surface area contributed by atoms with Crippen LogP contribution in [0.1, 0.15) is 92.6 Å². The van der Waals surface area contributed by atoms with E-state index >= 15 is 0 Å². The predicted octanol–water partition coefficient (Wildman–Crippen LogP) is 5.08. The second kappa shape index (κ2) is 10.7. The van der Waals surface area contributed by atoms with Crippen LogP contribution in [0.5, 0.6) is 0 Å². The van der Waals surface area contributed by atoms with Gasteiger partial charge in [0.1, 0.15) is 5.82 Å². The number of alkyl halides is 2. The van der Waals surface area contributed by atoms with Crippen molar-refractivity contribution in [3.05, 3.63) is 53.1 Å². The van der Waals surface area contributed by atoms with E-state index in [1.807, 2.05) is 18.2 Å². The Morgan fingerprint density at radius 1 is 1.11 bits per heavy atom. The maximum atomic E-state index is 13.7. The van der Waals surface area contributed by atoms with Crippen LogP contribution in [0.2, 0.25) is 0 Å². The molecule has 4 aliphatic rings. The smallest absolute Gasteiger partial charge is 0.248 e. The van der Waals surface area contributed by atoms with Crippen molar-refractivity contribution < 1.29 is 13.6 Å². The molecule has 2 unspecified atom stereocenters. The summed E-state index contributed by atoms with van der Waals surface area (Å²) in [6.45, 7) is 5.01. The number of hydrogen-bond donors (Lipinski definition) is 2. The van der Waals surface area contributed by atoms with Gasteiger partial charge in [-0.1, -0.05) is 30.3 Å². The first kappa shape index (κ1) is 25.9. The number of imidazole rings is 1. The first-order valence-electron chi connectivity index (χ1n) is 14.6. The van der Waals surface area contributed by atoms with Gasteiger partial charge in [0.2, 0.25) is 11.8 Å². The van der Waals surface area contributed by atoms with Crippen LogP contribution in [0, 0.1) is 12.8 Å². The third kappa shape index (κ3) is 5.26. The highest BCUT2D eigenvalue weighted by Crippen LogP contribution is 2.43. The number of benzene rings is 1. The van der Waals surface area contributed by atoms with E-state index in [9.17, 15) is 13.6 Å². The molecule has 1 aromatic carbocycles. The molecule has 6 rings (SSSR count). The van der Waals surface area contributed by atoms with Crippen LogP contribution in [-0.4, -0.2) is 51.5 Å². The lowest BCUT2D eigenvalue weighted by molar-refractivity contribution is -0.130. The van der Waals surface area contributed by atoms with Gasteiger partial charge in [-0.25, -0.2) is 13.8 Å².